The van der Waals surface area contributed by atoms with Gasteiger partial charge in [0.05, 0.1) is 13.0 Å². The van der Waals surface area contributed by atoms with E-state index in [-0.39, 0.29) is 11.9 Å². The number of carbonyl (C=O) groups is 1. The van der Waals surface area contributed by atoms with E-state index in [1.54, 1.807) is 0 Å². The summed E-state index contributed by atoms with van der Waals surface area (Å²) in [5, 5.41) is 0.854. The highest BCUT2D eigenvalue weighted by molar-refractivity contribution is 8.06. The summed E-state index contributed by atoms with van der Waals surface area (Å²) in [6.45, 7) is 2.15. The molecule has 2 aliphatic rings. The summed E-state index contributed by atoms with van der Waals surface area (Å²) in [4.78, 5) is 11.2. The molecule has 4 atom stereocenters. The smallest absolute Gasteiger partial charge is 0.309 e. The summed E-state index contributed by atoms with van der Waals surface area (Å²) >= 11 is 2.01. The van der Waals surface area contributed by atoms with Gasteiger partial charge in [-0.15, -0.1) is 0 Å². The predicted molar refractivity (Wildman–Crippen MR) is 49.0 cm³/mol. The average Bonchev–Trinajstić information content (AvgIpc) is 2.94. The van der Waals surface area contributed by atoms with Crippen LogP contribution in [-0.2, 0) is 9.53 Å². The Kier molecular flexibility index (Phi) is 2.07. The number of methoxy groups -OCH3 is 1. The Bertz CT molecular complexity index is 201. The summed E-state index contributed by atoms with van der Waals surface area (Å²) in [5.74, 6) is 2.71. The van der Waals surface area contributed by atoms with Crippen molar-refractivity contribution in [3.8, 4) is 0 Å². The van der Waals surface area contributed by atoms with Gasteiger partial charge in [0.15, 0.2) is 0 Å². The molecule has 2 nitrogen and oxygen atoms in total. The Hall–Kier alpha value is -0.180. The van der Waals surface area contributed by atoms with Gasteiger partial charge in [-0.1, -0.05) is 6.92 Å². The lowest BCUT2D eigenvalue weighted by Gasteiger charge is -1.95. The molecule has 0 spiro atoms. The maximum Gasteiger partial charge on any atom is 0.309 e. The van der Waals surface area contributed by atoms with E-state index in [0.717, 1.165) is 5.25 Å². The van der Waals surface area contributed by atoms with Crippen LogP contribution in [-0.4, -0.2) is 24.1 Å². The van der Waals surface area contributed by atoms with Crippen LogP contribution in [0.25, 0.3) is 0 Å². The third kappa shape index (κ3) is 1.47. The number of esters is 1. The van der Waals surface area contributed by atoms with Crippen molar-refractivity contribution in [3.05, 3.63) is 0 Å². The Morgan fingerprint density at radius 2 is 2.33 bits per heavy atom. The van der Waals surface area contributed by atoms with Crippen LogP contribution in [0, 0.1) is 17.8 Å². The van der Waals surface area contributed by atoms with Crippen molar-refractivity contribution in [3.63, 3.8) is 0 Å². The van der Waals surface area contributed by atoms with Crippen LogP contribution in [0.1, 0.15) is 13.3 Å². The normalized spacial score (nSPS) is 43.8. The molecule has 0 radical (unpaired) electrons. The number of hydrogen-bond acceptors (Lipinski definition) is 3. The first-order chi connectivity index (χ1) is 5.74. The summed E-state index contributed by atoms with van der Waals surface area (Å²) in [6, 6.07) is 0. The summed E-state index contributed by atoms with van der Waals surface area (Å²) in [5.41, 5.74) is 0. The van der Waals surface area contributed by atoms with Gasteiger partial charge in [0.2, 0.25) is 0 Å². The summed E-state index contributed by atoms with van der Waals surface area (Å²) in [7, 11) is 1.48. The molecule has 0 aromatic carbocycles. The van der Waals surface area contributed by atoms with Crippen molar-refractivity contribution in [2.75, 3.05) is 12.9 Å². The Morgan fingerprint density at radius 3 is 2.83 bits per heavy atom. The van der Waals surface area contributed by atoms with Gasteiger partial charge in [0.25, 0.3) is 0 Å². The van der Waals surface area contributed by atoms with Crippen LogP contribution in [0.5, 0.6) is 0 Å². The van der Waals surface area contributed by atoms with Crippen LogP contribution in [0.2, 0.25) is 0 Å². The topological polar surface area (TPSA) is 26.3 Å². The molecule has 3 heteroatoms. The lowest BCUT2D eigenvalue weighted by Crippen LogP contribution is -2.05. The molecule has 0 N–H and O–H groups in total. The second-order valence-corrected chi connectivity index (χ2v) is 5.10. The minimum Gasteiger partial charge on any atom is -0.469 e. The fourth-order valence-electron chi connectivity index (χ4n) is 1.94. The van der Waals surface area contributed by atoms with Crippen LogP contribution in [0.4, 0.5) is 0 Å². The lowest BCUT2D eigenvalue weighted by atomic mass is 10.2. The zero-order chi connectivity index (χ0) is 8.72. The molecule has 0 bridgehead atoms. The maximum absolute atomic E-state index is 11.2. The van der Waals surface area contributed by atoms with Gasteiger partial charge in [-0.05, 0) is 18.3 Å². The molecule has 0 aromatic heterocycles. The maximum atomic E-state index is 11.2. The minimum absolute atomic E-state index is 0.00171. The minimum atomic E-state index is -0.00171. The van der Waals surface area contributed by atoms with Crippen LogP contribution in [0.15, 0.2) is 0 Å². The van der Waals surface area contributed by atoms with Crippen molar-refractivity contribution in [1.29, 1.82) is 0 Å². The standard InChI is InChI=1S/C9H14O2S/c1-5-7(3-6-4-12-6)8(5)9(10)11-2/h5-8H,3-4H2,1-2H3. The highest BCUT2D eigenvalue weighted by atomic mass is 32.2. The van der Waals surface area contributed by atoms with Crippen LogP contribution >= 0.6 is 11.8 Å². The molecule has 1 heterocycles. The molecule has 1 saturated carbocycles. The Morgan fingerprint density at radius 1 is 1.67 bits per heavy atom. The van der Waals surface area contributed by atoms with E-state index >= 15 is 0 Å². The highest BCUT2D eigenvalue weighted by Crippen LogP contribution is 2.53. The van der Waals surface area contributed by atoms with Gasteiger partial charge < -0.3 is 4.74 Å². The zero-order valence-electron chi connectivity index (χ0n) is 7.45. The fourth-order valence-corrected chi connectivity index (χ4v) is 2.57. The predicted octanol–water partition coefficient (Wildman–Crippen LogP) is 1.55. The van der Waals surface area contributed by atoms with Crippen molar-refractivity contribution in [2.24, 2.45) is 17.8 Å². The quantitative estimate of drug-likeness (QED) is 0.494. The average molecular weight is 186 g/mol. The van der Waals surface area contributed by atoms with E-state index in [1.807, 2.05) is 11.8 Å². The molecule has 4 unspecified atom stereocenters. The molecule has 12 heavy (non-hydrogen) atoms. The van der Waals surface area contributed by atoms with Crippen molar-refractivity contribution < 1.29 is 9.53 Å². The van der Waals surface area contributed by atoms with E-state index in [4.69, 9.17) is 4.74 Å². The summed E-state index contributed by atoms with van der Waals surface area (Å²) in [6.07, 6.45) is 1.23. The molecule has 2 fully saturated rings. The zero-order valence-corrected chi connectivity index (χ0v) is 8.26. The number of ether oxygens (including phenoxy) is 1. The van der Waals surface area contributed by atoms with Crippen molar-refractivity contribution in [1.82, 2.24) is 0 Å². The van der Waals surface area contributed by atoms with Crippen molar-refractivity contribution >= 4 is 17.7 Å². The van der Waals surface area contributed by atoms with Gasteiger partial charge in [-0.3, -0.25) is 4.79 Å². The van der Waals surface area contributed by atoms with Gasteiger partial charge >= 0.3 is 5.97 Å². The number of hydrogen-bond donors (Lipinski definition) is 0. The Balaban J connectivity index is 1.81. The van der Waals surface area contributed by atoms with Gasteiger partial charge in [-0.2, -0.15) is 11.8 Å². The van der Waals surface area contributed by atoms with Crippen molar-refractivity contribution in [2.45, 2.75) is 18.6 Å². The van der Waals surface area contributed by atoms with Crippen LogP contribution in [0.3, 0.4) is 0 Å². The van der Waals surface area contributed by atoms with Gasteiger partial charge in [0, 0.05) is 11.0 Å². The second kappa shape index (κ2) is 2.95. The SMILES string of the molecule is COC(=O)C1C(C)C1CC1CS1. The Labute approximate surface area is 77.0 Å². The summed E-state index contributed by atoms with van der Waals surface area (Å²) < 4.78 is 4.73. The fraction of sp³-hybridized carbons (Fsp3) is 0.889. The highest BCUT2D eigenvalue weighted by Gasteiger charge is 2.53. The monoisotopic (exact) mass is 186 g/mol. The van der Waals surface area contributed by atoms with E-state index in [2.05, 4.69) is 6.92 Å². The second-order valence-electron chi connectivity index (χ2n) is 3.76. The molecule has 0 amide bonds. The largest absolute Gasteiger partial charge is 0.469 e. The third-order valence-electron chi connectivity index (χ3n) is 2.97. The molecule has 1 aliphatic carbocycles. The molecule has 1 saturated heterocycles. The van der Waals surface area contributed by atoms with E-state index in [9.17, 15) is 4.79 Å². The van der Waals surface area contributed by atoms with E-state index in [1.165, 1.54) is 19.3 Å². The number of rotatable bonds is 3. The molecule has 0 aromatic rings. The molecule has 1 aliphatic heterocycles. The van der Waals surface area contributed by atoms with E-state index in [0.29, 0.717) is 11.8 Å². The molecular formula is C9H14O2S. The van der Waals surface area contributed by atoms with Gasteiger partial charge in [0.1, 0.15) is 0 Å². The first-order valence-electron chi connectivity index (χ1n) is 4.43. The van der Waals surface area contributed by atoms with Crippen LogP contribution < -0.4 is 0 Å². The third-order valence-corrected chi connectivity index (χ3v) is 3.97. The first kappa shape index (κ1) is 8.42. The van der Waals surface area contributed by atoms with E-state index < -0.39 is 0 Å². The number of carbonyl (C=O) groups excluding carboxylic acids is 1. The molecule has 68 valence electrons. The first-order valence-corrected chi connectivity index (χ1v) is 5.48. The van der Waals surface area contributed by atoms with Gasteiger partial charge in [-0.25, -0.2) is 0 Å². The molecule has 2 rings (SSSR count). The number of thioether (sulfide) groups is 1. The molecular weight excluding hydrogens is 172 g/mol. The lowest BCUT2D eigenvalue weighted by molar-refractivity contribution is -0.142.